The number of aliphatic hydroxyl groups is 1. The van der Waals surface area contributed by atoms with Gasteiger partial charge < -0.3 is 24.5 Å². The van der Waals surface area contributed by atoms with E-state index in [1.165, 1.54) is 4.90 Å². The monoisotopic (exact) mass is 738 g/mol. The van der Waals surface area contributed by atoms with E-state index in [4.69, 9.17) is 4.74 Å². The fourth-order valence-electron chi connectivity index (χ4n) is 8.13. The Labute approximate surface area is 298 Å². The van der Waals surface area contributed by atoms with Crippen LogP contribution in [0.4, 0.5) is 0 Å². The van der Waals surface area contributed by atoms with Crippen LogP contribution < -0.4 is 0 Å². The summed E-state index contributed by atoms with van der Waals surface area (Å²) in [5, 5.41) is 19.5. The minimum atomic E-state index is -1.34. The number of likely N-dealkylation sites (tertiary alicyclic amines) is 1. The highest BCUT2D eigenvalue weighted by Gasteiger charge is 2.77. The second kappa shape index (κ2) is 13.9. The number of aliphatic hydroxyl groups excluding tert-OH is 1. The van der Waals surface area contributed by atoms with Crippen LogP contribution in [0.3, 0.4) is 0 Å². The second-order valence-corrected chi connectivity index (χ2v) is 14.3. The number of carbonyl (C=O) groups excluding carboxylic acids is 3. The summed E-state index contributed by atoms with van der Waals surface area (Å²) in [6.07, 6.45) is 2.97. The Bertz CT molecular complexity index is 1910. The number of benzene rings is 3. The molecule has 1 spiro atoms. The number of hydrogen-bond donors (Lipinski definition) is 1. The molecular weight excluding hydrogens is 700 g/mol. The SMILES string of the molecule is C=CCN(Cn1nnc2ccccc21)C(=O)C1N([C@H](CO)c2ccccc2)C(=O)[C@@H]2[C@H](C(=O)N(CC=C)Cc3ccccc3)[C@H]3OC12CC3Br. The Morgan fingerprint density at radius 3 is 2.34 bits per heavy atom. The van der Waals surface area contributed by atoms with Gasteiger partial charge in [-0.05, 0) is 29.7 Å². The highest BCUT2D eigenvalue weighted by molar-refractivity contribution is 9.09. The summed E-state index contributed by atoms with van der Waals surface area (Å²) < 4.78 is 8.47. The van der Waals surface area contributed by atoms with Gasteiger partial charge in [0.1, 0.15) is 23.8 Å². The molecule has 3 aliphatic rings. The molecule has 0 radical (unpaired) electrons. The summed E-state index contributed by atoms with van der Waals surface area (Å²) in [5.74, 6) is -2.86. The number of para-hydroxylation sites is 1. The Morgan fingerprint density at radius 2 is 1.64 bits per heavy atom. The molecule has 0 aliphatic carbocycles. The normalized spacial score (nSPS) is 25.8. The van der Waals surface area contributed by atoms with E-state index in [1.807, 2.05) is 84.9 Å². The minimum Gasteiger partial charge on any atom is -0.394 e. The summed E-state index contributed by atoms with van der Waals surface area (Å²) in [4.78, 5) is 49.2. The van der Waals surface area contributed by atoms with Crippen LogP contribution in [0.15, 0.2) is 110 Å². The van der Waals surface area contributed by atoms with Crippen LogP contribution >= 0.6 is 15.9 Å². The highest BCUT2D eigenvalue weighted by atomic mass is 79.9. The molecule has 3 aromatic carbocycles. The molecule has 11 nitrogen and oxygen atoms in total. The van der Waals surface area contributed by atoms with Gasteiger partial charge in [-0.2, -0.15) is 0 Å². The zero-order valence-electron chi connectivity index (χ0n) is 27.5. The van der Waals surface area contributed by atoms with Crippen LogP contribution in [0.2, 0.25) is 0 Å². The van der Waals surface area contributed by atoms with Gasteiger partial charge in [-0.1, -0.05) is 106 Å². The van der Waals surface area contributed by atoms with E-state index in [1.54, 1.807) is 26.6 Å². The average Bonchev–Trinajstić information content (AvgIpc) is 3.86. The van der Waals surface area contributed by atoms with Crippen molar-refractivity contribution in [2.24, 2.45) is 11.8 Å². The van der Waals surface area contributed by atoms with Gasteiger partial charge in [0.05, 0.1) is 36.1 Å². The third-order valence-electron chi connectivity index (χ3n) is 10.2. The van der Waals surface area contributed by atoms with E-state index in [0.29, 0.717) is 24.0 Å². The molecular formula is C38H39BrN6O5. The zero-order chi connectivity index (χ0) is 35.0. The van der Waals surface area contributed by atoms with Gasteiger partial charge in [0.2, 0.25) is 17.7 Å². The number of amides is 3. The molecule has 12 heteroatoms. The van der Waals surface area contributed by atoms with Crippen LogP contribution in [-0.2, 0) is 32.3 Å². The molecule has 4 aromatic rings. The quantitative estimate of drug-likeness (QED) is 0.162. The van der Waals surface area contributed by atoms with Crippen molar-refractivity contribution in [3.63, 3.8) is 0 Å². The van der Waals surface area contributed by atoms with E-state index >= 15 is 9.59 Å². The number of carbonyl (C=O) groups is 3. The molecule has 2 bridgehead atoms. The fraction of sp³-hybridized carbons (Fsp3) is 0.342. The number of fused-ring (bicyclic) bond motifs is 2. The summed E-state index contributed by atoms with van der Waals surface area (Å²) in [6, 6.07) is 24.2. The van der Waals surface area contributed by atoms with Gasteiger partial charge in [-0.15, -0.1) is 18.3 Å². The van der Waals surface area contributed by atoms with Crippen molar-refractivity contribution in [1.29, 1.82) is 0 Å². The van der Waals surface area contributed by atoms with Gasteiger partial charge in [0, 0.05) is 24.5 Å². The standard InChI is InChI=1S/C38H39BrN6O5/c1-3-19-42(22-25-13-7-5-8-14-25)35(47)31-32-36(48)45(30(23-46)26-15-9-6-10-16-26)34(38(32)21-27(39)33(31)50-38)37(49)43(20-4-2)24-44-29-18-12-11-17-28(29)40-41-44/h3-18,27,30-34,46H,1-2,19-24H2/t27?,30-,31+,32+,33+,34?,38?/m1/s1. The molecule has 258 valence electrons. The number of halogens is 1. The number of ether oxygens (including phenoxy) is 1. The Hall–Kier alpha value is -4.65. The topological polar surface area (TPSA) is 121 Å². The van der Waals surface area contributed by atoms with Gasteiger partial charge in [0.15, 0.2) is 0 Å². The highest BCUT2D eigenvalue weighted by Crippen LogP contribution is 2.61. The lowest BCUT2D eigenvalue weighted by molar-refractivity contribution is -0.153. The maximum atomic E-state index is 15.1. The van der Waals surface area contributed by atoms with Gasteiger partial charge in [-0.3, -0.25) is 14.4 Å². The van der Waals surface area contributed by atoms with E-state index in [-0.39, 0.29) is 30.5 Å². The average molecular weight is 740 g/mol. The molecule has 3 aliphatic heterocycles. The number of alkyl halides is 1. The first-order chi connectivity index (χ1) is 24.3. The van der Waals surface area contributed by atoms with E-state index < -0.39 is 54.0 Å². The van der Waals surface area contributed by atoms with Crippen LogP contribution in [0.5, 0.6) is 0 Å². The van der Waals surface area contributed by atoms with E-state index in [2.05, 4.69) is 39.4 Å². The summed E-state index contributed by atoms with van der Waals surface area (Å²) in [7, 11) is 0. The first kappa shape index (κ1) is 33.8. The van der Waals surface area contributed by atoms with Crippen LogP contribution in [-0.4, -0.2) is 94.8 Å². The molecule has 7 atom stereocenters. The third kappa shape index (κ3) is 5.65. The molecule has 0 saturated carbocycles. The lowest BCUT2D eigenvalue weighted by atomic mass is 9.70. The van der Waals surface area contributed by atoms with E-state index in [0.717, 1.165) is 11.1 Å². The van der Waals surface area contributed by atoms with Gasteiger partial charge in [0.25, 0.3) is 0 Å². The Morgan fingerprint density at radius 1 is 0.980 bits per heavy atom. The molecule has 3 saturated heterocycles. The van der Waals surface area contributed by atoms with Crippen LogP contribution in [0, 0.1) is 11.8 Å². The van der Waals surface area contributed by atoms with Crippen molar-refractivity contribution in [2.75, 3.05) is 19.7 Å². The van der Waals surface area contributed by atoms with Gasteiger partial charge in [-0.25, -0.2) is 4.68 Å². The molecule has 3 unspecified atom stereocenters. The van der Waals surface area contributed by atoms with Gasteiger partial charge >= 0.3 is 0 Å². The van der Waals surface area contributed by atoms with Crippen molar-refractivity contribution in [2.45, 2.75) is 48.3 Å². The fourth-order valence-corrected chi connectivity index (χ4v) is 9.07. The molecule has 50 heavy (non-hydrogen) atoms. The smallest absolute Gasteiger partial charge is 0.250 e. The molecule has 3 fully saturated rings. The third-order valence-corrected chi connectivity index (χ3v) is 11.0. The van der Waals surface area contributed by atoms with Crippen molar-refractivity contribution < 1.29 is 24.2 Å². The molecule has 3 amide bonds. The summed E-state index contributed by atoms with van der Waals surface area (Å²) >= 11 is 3.79. The number of hydrogen-bond acceptors (Lipinski definition) is 7. The lowest BCUT2D eigenvalue weighted by Crippen LogP contribution is -2.57. The van der Waals surface area contributed by atoms with Crippen LogP contribution in [0.25, 0.3) is 11.0 Å². The predicted octanol–water partition coefficient (Wildman–Crippen LogP) is 4.10. The van der Waals surface area contributed by atoms with Crippen molar-refractivity contribution in [3.05, 3.63) is 121 Å². The van der Waals surface area contributed by atoms with Crippen molar-refractivity contribution in [3.8, 4) is 0 Å². The number of aromatic nitrogens is 3. The first-order valence-corrected chi connectivity index (χ1v) is 17.7. The molecule has 1 N–H and O–H groups in total. The van der Waals surface area contributed by atoms with E-state index in [9.17, 15) is 9.90 Å². The summed E-state index contributed by atoms with van der Waals surface area (Å²) in [6.45, 7) is 8.14. The molecule has 1 aromatic heterocycles. The van der Waals surface area contributed by atoms with Crippen molar-refractivity contribution >= 4 is 44.7 Å². The Kier molecular flexibility index (Phi) is 9.42. The number of nitrogens with zero attached hydrogens (tertiary/aromatic N) is 6. The predicted molar refractivity (Wildman–Crippen MR) is 190 cm³/mol. The van der Waals surface area contributed by atoms with Crippen molar-refractivity contribution in [1.82, 2.24) is 29.7 Å². The lowest BCUT2D eigenvalue weighted by Gasteiger charge is -2.39. The second-order valence-electron chi connectivity index (χ2n) is 13.1. The minimum absolute atomic E-state index is 0.0352. The molecule has 7 rings (SSSR count). The van der Waals surface area contributed by atoms with Crippen LogP contribution in [0.1, 0.15) is 23.6 Å². The number of rotatable bonds is 13. The maximum absolute atomic E-state index is 15.1. The Balaban J connectivity index is 1.31. The largest absolute Gasteiger partial charge is 0.394 e. The maximum Gasteiger partial charge on any atom is 0.250 e. The summed E-state index contributed by atoms with van der Waals surface area (Å²) in [5.41, 5.74) is 1.69. The zero-order valence-corrected chi connectivity index (χ0v) is 29.1. The first-order valence-electron chi connectivity index (χ1n) is 16.7. The molecule has 4 heterocycles.